The molecule has 10 heteroatoms. The summed E-state index contributed by atoms with van der Waals surface area (Å²) in [4.78, 5) is 67.1. The van der Waals surface area contributed by atoms with E-state index in [-0.39, 0.29) is 45.7 Å². The Kier molecular flexibility index (Phi) is 11.1. The fourth-order valence-electron chi connectivity index (χ4n) is 5.96. The van der Waals surface area contributed by atoms with Gasteiger partial charge < -0.3 is 20.7 Å². The summed E-state index contributed by atoms with van der Waals surface area (Å²) in [5.41, 5.74) is 3.87. The van der Waals surface area contributed by atoms with Crippen LogP contribution in [0.4, 0.5) is 11.4 Å². The summed E-state index contributed by atoms with van der Waals surface area (Å²) >= 11 is 1.23. The van der Waals surface area contributed by atoms with Gasteiger partial charge >= 0.3 is 0 Å². The number of carbonyl (C=O) groups is 5. The van der Waals surface area contributed by atoms with E-state index in [0.717, 1.165) is 5.56 Å². The second-order valence-electron chi connectivity index (χ2n) is 12.5. The third-order valence-corrected chi connectivity index (χ3v) is 9.65. The summed E-state index contributed by atoms with van der Waals surface area (Å²) in [6.45, 7) is 0.409. The van der Waals surface area contributed by atoms with Gasteiger partial charge in [0.2, 0.25) is 5.91 Å². The van der Waals surface area contributed by atoms with E-state index in [1.807, 2.05) is 30.3 Å². The van der Waals surface area contributed by atoms with E-state index in [1.165, 1.54) is 11.8 Å². The van der Waals surface area contributed by atoms with E-state index in [9.17, 15) is 24.0 Å². The molecule has 0 saturated carbocycles. The molecule has 0 aliphatic heterocycles. The lowest BCUT2D eigenvalue weighted by Gasteiger charge is -2.20. The molecule has 3 N–H and O–H groups in total. The van der Waals surface area contributed by atoms with Gasteiger partial charge in [-0.1, -0.05) is 103 Å². The van der Waals surface area contributed by atoms with Gasteiger partial charge in [0.25, 0.3) is 11.8 Å². The highest BCUT2D eigenvalue weighted by Crippen LogP contribution is 2.32. The van der Waals surface area contributed by atoms with Crippen LogP contribution in [0, 0.1) is 0 Å². The van der Waals surface area contributed by atoms with Gasteiger partial charge in [-0.25, -0.2) is 0 Å². The van der Waals surface area contributed by atoms with Crippen molar-refractivity contribution in [3.63, 3.8) is 0 Å². The third-order valence-electron chi connectivity index (χ3n) is 8.66. The molecule has 3 amide bonds. The molecule has 9 nitrogen and oxygen atoms in total. The number of hydrogen-bond acceptors (Lipinski definition) is 7. The SMILES string of the molecule is O=C(CSc1cccc(NC(=O)/C(=C\c2ccc(OCc3ccccc3)cc2)NC(=O)c2ccccc2)c1)Nc1cccc2c1C(=O)c1ccccc1C2=O. The van der Waals surface area contributed by atoms with Gasteiger partial charge in [0.05, 0.1) is 17.0 Å². The molecule has 1 aliphatic carbocycles. The first-order valence-corrected chi connectivity index (χ1v) is 18.3. The van der Waals surface area contributed by atoms with Crippen molar-refractivity contribution in [1.82, 2.24) is 5.32 Å². The number of rotatable bonds is 12. The van der Waals surface area contributed by atoms with Crippen molar-refractivity contribution in [1.29, 1.82) is 0 Å². The monoisotopic (exact) mass is 743 g/mol. The van der Waals surface area contributed by atoms with Gasteiger partial charge in [-0.2, -0.15) is 0 Å². The van der Waals surface area contributed by atoms with Gasteiger partial charge in [-0.05, 0) is 65.7 Å². The van der Waals surface area contributed by atoms with E-state index in [1.54, 1.807) is 127 Å². The van der Waals surface area contributed by atoms with E-state index in [0.29, 0.717) is 45.2 Å². The van der Waals surface area contributed by atoms with E-state index >= 15 is 0 Å². The highest BCUT2D eigenvalue weighted by molar-refractivity contribution is 8.00. The quantitative estimate of drug-likeness (QED) is 0.0850. The van der Waals surface area contributed by atoms with Gasteiger partial charge in [-0.3, -0.25) is 24.0 Å². The predicted molar refractivity (Wildman–Crippen MR) is 213 cm³/mol. The predicted octanol–water partition coefficient (Wildman–Crippen LogP) is 8.18. The summed E-state index contributed by atoms with van der Waals surface area (Å²) < 4.78 is 5.90. The molecular formula is C45H33N3O6S. The molecule has 7 rings (SSSR count). The molecule has 0 saturated heterocycles. The van der Waals surface area contributed by atoms with Crippen LogP contribution < -0.4 is 20.7 Å². The van der Waals surface area contributed by atoms with Crippen LogP contribution in [0.15, 0.2) is 162 Å². The smallest absolute Gasteiger partial charge is 0.272 e. The fraction of sp³-hybridized carbons (Fsp3) is 0.0444. The first-order valence-electron chi connectivity index (χ1n) is 17.3. The molecule has 55 heavy (non-hydrogen) atoms. The van der Waals surface area contributed by atoms with Crippen molar-refractivity contribution in [3.8, 4) is 5.75 Å². The number of benzene rings is 6. The number of carbonyl (C=O) groups excluding carboxylic acids is 5. The molecule has 1 aliphatic rings. The molecule has 0 atom stereocenters. The molecule has 270 valence electrons. The number of ketones is 2. The van der Waals surface area contributed by atoms with Crippen LogP contribution >= 0.6 is 11.8 Å². The maximum absolute atomic E-state index is 13.7. The van der Waals surface area contributed by atoms with Crippen LogP contribution in [0.2, 0.25) is 0 Å². The standard InChI is InChI=1S/C45H33N3O6S/c49-40(47-38-20-10-19-37-41(38)43(51)36-18-8-7-17-35(36)42(37)50)28-55-34-16-9-15-32(26-34)46-45(53)39(48-44(52)31-13-5-2-6-14-31)25-29-21-23-33(24-22-29)54-27-30-11-3-1-4-12-30/h1-26H,27-28H2,(H,46,53)(H,47,49)(H,48,52)/b39-25+. The van der Waals surface area contributed by atoms with Crippen LogP contribution in [0.3, 0.4) is 0 Å². The second-order valence-corrected chi connectivity index (χ2v) is 13.5. The summed E-state index contributed by atoms with van der Waals surface area (Å²) in [6.07, 6.45) is 1.58. The van der Waals surface area contributed by atoms with E-state index in [4.69, 9.17) is 4.74 Å². The summed E-state index contributed by atoms with van der Waals surface area (Å²) in [5, 5.41) is 8.41. The number of thioether (sulfide) groups is 1. The molecule has 0 radical (unpaired) electrons. The first kappa shape index (κ1) is 36.3. The van der Waals surface area contributed by atoms with E-state index in [2.05, 4.69) is 16.0 Å². The first-order chi connectivity index (χ1) is 26.8. The molecule has 6 aromatic rings. The Hall–Kier alpha value is -7.04. The van der Waals surface area contributed by atoms with Crippen LogP contribution in [0.25, 0.3) is 6.08 Å². The Labute approximate surface area is 321 Å². The Morgan fingerprint density at radius 1 is 0.636 bits per heavy atom. The molecule has 6 aromatic carbocycles. The molecule has 0 bridgehead atoms. The van der Waals surface area contributed by atoms with Crippen molar-refractivity contribution in [2.24, 2.45) is 0 Å². The molecule has 0 aromatic heterocycles. The van der Waals surface area contributed by atoms with Crippen LogP contribution in [-0.4, -0.2) is 35.0 Å². The largest absolute Gasteiger partial charge is 0.489 e. The fourth-order valence-corrected chi connectivity index (χ4v) is 6.71. The lowest BCUT2D eigenvalue weighted by molar-refractivity contribution is -0.114. The molecule has 0 unspecified atom stereocenters. The normalized spacial score (nSPS) is 11.9. The Bertz CT molecular complexity index is 2450. The molecule has 0 heterocycles. The average Bonchev–Trinajstić information content (AvgIpc) is 3.22. The Morgan fingerprint density at radius 3 is 2.04 bits per heavy atom. The second kappa shape index (κ2) is 16.7. The van der Waals surface area contributed by atoms with Crippen LogP contribution in [0.5, 0.6) is 5.75 Å². The topological polar surface area (TPSA) is 131 Å². The van der Waals surface area contributed by atoms with Crippen molar-refractivity contribution in [2.45, 2.75) is 11.5 Å². The lowest BCUT2D eigenvalue weighted by atomic mass is 9.83. The van der Waals surface area contributed by atoms with Crippen LogP contribution in [-0.2, 0) is 16.2 Å². The van der Waals surface area contributed by atoms with Gasteiger partial charge in [0, 0.05) is 32.8 Å². The average molecular weight is 744 g/mol. The maximum Gasteiger partial charge on any atom is 0.272 e. The highest BCUT2D eigenvalue weighted by atomic mass is 32.2. The number of amides is 3. The van der Waals surface area contributed by atoms with Crippen molar-refractivity contribution < 1.29 is 28.7 Å². The third kappa shape index (κ3) is 8.78. The number of ether oxygens (including phenoxy) is 1. The minimum absolute atomic E-state index is 0.0108. The zero-order valence-corrected chi connectivity index (χ0v) is 30.1. The molecule has 0 fully saturated rings. The summed E-state index contributed by atoms with van der Waals surface area (Å²) in [5.74, 6) is -1.33. The van der Waals surface area contributed by atoms with Crippen LogP contribution in [0.1, 0.15) is 53.3 Å². The van der Waals surface area contributed by atoms with Crippen molar-refractivity contribution in [3.05, 3.63) is 196 Å². The Balaban J connectivity index is 1.02. The van der Waals surface area contributed by atoms with E-state index < -0.39 is 11.8 Å². The number of hydrogen-bond donors (Lipinski definition) is 3. The number of anilines is 2. The lowest BCUT2D eigenvalue weighted by Crippen LogP contribution is -2.30. The zero-order chi connectivity index (χ0) is 38.1. The molecular weight excluding hydrogens is 711 g/mol. The molecule has 0 spiro atoms. The number of fused-ring (bicyclic) bond motifs is 2. The minimum Gasteiger partial charge on any atom is -0.489 e. The zero-order valence-electron chi connectivity index (χ0n) is 29.3. The highest BCUT2D eigenvalue weighted by Gasteiger charge is 2.31. The van der Waals surface area contributed by atoms with Crippen molar-refractivity contribution in [2.75, 3.05) is 16.4 Å². The minimum atomic E-state index is -0.553. The van der Waals surface area contributed by atoms with Gasteiger partial charge in [-0.15, -0.1) is 11.8 Å². The van der Waals surface area contributed by atoms with Gasteiger partial charge in [0.15, 0.2) is 11.6 Å². The Morgan fingerprint density at radius 2 is 1.29 bits per heavy atom. The number of nitrogens with one attached hydrogen (secondary N) is 3. The van der Waals surface area contributed by atoms with Crippen molar-refractivity contribution >= 4 is 58.5 Å². The summed E-state index contributed by atoms with van der Waals surface area (Å²) in [6, 6.07) is 44.0. The summed E-state index contributed by atoms with van der Waals surface area (Å²) in [7, 11) is 0. The van der Waals surface area contributed by atoms with Gasteiger partial charge in [0.1, 0.15) is 18.1 Å². The maximum atomic E-state index is 13.7.